The largest absolute Gasteiger partial charge is 0.351 e. The third-order valence-electron chi connectivity index (χ3n) is 3.70. The van der Waals surface area contributed by atoms with Crippen LogP contribution in [0.4, 0.5) is 0 Å². The van der Waals surface area contributed by atoms with Gasteiger partial charge in [-0.2, -0.15) is 0 Å². The van der Waals surface area contributed by atoms with Crippen LogP contribution in [0.1, 0.15) is 37.5 Å². The van der Waals surface area contributed by atoms with Crippen molar-refractivity contribution in [2.45, 2.75) is 45.7 Å². The quantitative estimate of drug-likeness (QED) is 0.899. The van der Waals surface area contributed by atoms with Crippen molar-refractivity contribution in [3.63, 3.8) is 0 Å². The van der Waals surface area contributed by atoms with Crippen molar-refractivity contribution in [2.75, 3.05) is 11.6 Å². The Bertz CT molecular complexity index is 488. The minimum atomic E-state index is -0.0360. The summed E-state index contributed by atoms with van der Waals surface area (Å²) < 4.78 is 0. The van der Waals surface area contributed by atoms with Crippen LogP contribution in [0, 0.1) is 6.92 Å². The SMILES string of the molecule is Cc1ccc(C(C)(C)C)cc1CNC(=O)C1CSCN1. The van der Waals surface area contributed by atoms with Crippen molar-refractivity contribution >= 4 is 17.7 Å². The summed E-state index contributed by atoms with van der Waals surface area (Å²) in [5, 5.41) is 6.24. The molecule has 1 aromatic rings. The Hall–Kier alpha value is -1.000. The minimum absolute atomic E-state index is 0.0360. The highest BCUT2D eigenvalue weighted by Crippen LogP contribution is 2.24. The molecule has 0 spiro atoms. The van der Waals surface area contributed by atoms with Gasteiger partial charge in [0.25, 0.3) is 0 Å². The summed E-state index contributed by atoms with van der Waals surface area (Å²) in [6, 6.07) is 6.50. The molecule has 1 aliphatic heterocycles. The van der Waals surface area contributed by atoms with Crippen LogP contribution < -0.4 is 10.6 Å². The molecule has 0 aromatic heterocycles. The summed E-state index contributed by atoms with van der Waals surface area (Å²) in [6.45, 7) is 9.33. The second-order valence-electron chi connectivity index (χ2n) is 6.38. The lowest BCUT2D eigenvalue weighted by molar-refractivity contribution is -0.122. The molecule has 1 aromatic carbocycles. The van der Waals surface area contributed by atoms with Crippen LogP contribution in [0.15, 0.2) is 18.2 Å². The molecular weight excluding hydrogens is 268 g/mol. The lowest BCUT2D eigenvalue weighted by atomic mass is 9.85. The molecule has 1 unspecified atom stereocenters. The van der Waals surface area contributed by atoms with Crippen LogP contribution in [-0.4, -0.2) is 23.6 Å². The normalized spacial score (nSPS) is 19.1. The maximum Gasteiger partial charge on any atom is 0.238 e. The van der Waals surface area contributed by atoms with Gasteiger partial charge in [0.2, 0.25) is 5.91 Å². The molecule has 20 heavy (non-hydrogen) atoms. The monoisotopic (exact) mass is 292 g/mol. The van der Waals surface area contributed by atoms with E-state index >= 15 is 0 Å². The van der Waals surface area contributed by atoms with E-state index in [1.54, 1.807) is 11.8 Å². The van der Waals surface area contributed by atoms with Crippen molar-refractivity contribution in [1.82, 2.24) is 10.6 Å². The van der Waals surface area contributed by atoms with Crippen molar-refractivity contribution < 1.29 is 4.79 Å². The summed E-state index contributed by atoms with van der Waals surface area (Å²) >= 11 is 1.77. The molecule has 4 heteroatoms. The number of hydrogen-bond donors (Lipinski definition) is 2. The van der Waals surface area contributed by atoms with Crippen LogP contribution in [0.2, 0.25) is 0 Å². The minimum Gasteiger partial charge on any atom is -0.351 e. The molecule has 2 N–H and O–H groups in total. The number of amides is 1. The molecule has 1 atom stereocenters. The first-order valence-electron chi connectivity index (χ1n) is 7.07. The van der Waals surface area contributed by atoms with E-state index in [1.165, 1.54) is 16.7 Å². The number of thioether (sulfide) groups is 1. The van der Waals surface area contributed by atoms with Gasteiger partial charge >= 0.3 is 0 Å². The average molecular weight is 292 g/mol. The Morgan fingerprint density at radius 2 is 2.20 bits per heavy atom. The summed E-state index contributed by atoms with van der Waals surface area (Å²) in [4.78, 5) is 12.0. The Morgan fingerprint density at radius 3 is 2.80 bits per heavy atom. The topological polar surface area (TPSA) is 41.1 Å². The summed E-state index contributed by atoms with van der Waals surface area (Å²) in [7, 11) is 0. The van der Waals surface area contributed by atoms with Crippen LogP contribution in [-0.2, 0) is 16.8 Å². The highest BCUT2D eigenvalue weighted by atomic mass is 32.2. The zero-order valence-electron chi connectivity index (χ0n) is 12.7. The van der Waals surface area contributed by atoms with Crippen molar-refractivity contribution in [3.05, 3.63) is 34.9 Å². The average Bonchev–Trinajstić information content (AvgIpc) is 2.90. The van der Waals surface area contributed by atoms with Gasteiger partial charge in [0.15, 0.2) is 0 Å². The van der Waals surface area contributed by atoms with E-state index in [9.17, 15) is 4.79 Å². The van der Waals surface area contributed by atoms with Crippen LogP contribution in [0.25, 0.3) is 0 Å². The highest BCUT2D eigenvalue weighted by Gasteiger charge is 2.22. The molecule has 0 bridgehead atoms. The Kier molecular flexibility index (Phi) is 4.76. The predicted molar refractivity (Wildman–Crippen MR) is 86.0 cm³/mol. The van der Waals surface area contributed by atoms with E-state index in [1.807, 2.05) is 0 Å². The number of aryl methyl sites for hydroxylation is 1. The van der Waals surface area contributed by atoms with E-state index in [4.69, 9.17) is 0 Å². The zero-order chi connectivity index (χ0) is 14.8. The second kappa shape index (κ2) is 6.19. The molecule has 0 aliphatic carbocycles. The number of benzene rings is 1. The maximum absolute atomic E-state index is 12.0. The summed E-state index contributed by atoms with van der Waals surface area (Å²) in [5.41, 5.74) is 3.88. The summed E-state index contributed by atoms with van der Waals surface area (Å²) in [6.07, 6.45) is 0. The van der Waals surface area contributed by atoms with Gasteiger partial charge in [-0.05, 0) is 29.0 Å². The van der Waals surface area contributed by atoms with E-state index in [0.29, 0.717) is 6.54 Å². The van der Waals surface area contributed by atoms with Crippen LogP contribution in [0.5, 0.6) is 0 Å². The molecule has 1 aliphatic rings. The zero-order valence-corrected chi connectivity index (χ0v) is 13.6. The first kappa shape index (κ1) is 15.4. The molecule has 3 nitrogen and oxygen atoms in total. The third-order valence-corrected chi connectivity index (χ3v) is 4.64. The molecule has 1 fully saturated rings. The number of rotatable bonds is 3. The van der Waals surface area contributed by atoms with Gasteiger partial charge in [-0.25, -0.2) is 0 Å². The Morgan fingerprint density at radius 1 is 1.45 bits per heavy atom. The number of nitrogens with one attached hydrogen (secondary N) is 2. The molecule has 0 radical (unpaired) electrons. The first-order valence-corrected chi connectivity index (χ1v) is 8.22. The molecule has 0 saturated carbocycles. The first-order chi connectivity index (χ1) is 9.38. The van der Waals surface area contributed by atoms with Gasteiger partial charge in [-0.15, -0.1) is 11.8 Å². The fourth-order valence-electron chi connectivity index (χ4n) is 2.20. The molecule has 1 amide bonds. The third kappa shape index (κ3) is 3.76. The van der Waals surface area contributed by atoms with E-state index in [0.717, 1.165) is 11.6 Å². The van der Waals surface area contributed by atoms with Crippen LogP contribution >= 0.6 is 11.8 Å². The lowest BCUT2D eigenvalue weighted by Crippen LogP contribution is -2.41. The number of carbonyl (C=O) groups excluding carboxylic acids is 1. The fraction of sp³-hybridized carbons (Fsp3) is 0.562. The fourth-order valence-corrected chi connectivity index (χ4v) is 3.14. The van der Waals surface area contributed by atoms with Crippen molar-refractivity contribution in [1.29, 1.82) is 0 Å². The van der Waals surface area contributed by atoms with E-state index < -0.39 is 0 Å². The second-order valence-corrected chi connectivity index (χ2v) is 7.41. The molecule has 1 heterocycles. The highest BCUT2D eigenvalue weighted by molar-refractivity contribution is 7.99. The Labute approximate surface area is 125 Å². The van der Waals surface area contributed by atoms with Gasteiger partial charge in [0, 0.05) is 18.2 Å². The standard InChI is InChI=1S/C16H24N2OS/c1-11-5-6-13(16(2,3)4)7-12(11)8-17-15(19)14-9-20-10-18-14/h5-7,14,18H,8-10H2,1-4H3,(H,17,19). The molecule has 1 saturated heterocycles. The van der Waals surface area contributed by atoms with E-state index in [-0.39, 0.29) is 17.4 Å². The van der Waals surface area contributed by atoms with Crippen molar-refractivity contribution in [3.8, 4) is 0 Å². The van der Waals surface area contributed by atoms with Crippen molar-refractivity contribution in [2.24, 2.45) is 0 Å². The van der Waals surface area contributed by atoms with Gasteiger partial charge in [0.1, 0.15) is 0 Å². The van der Waals surface area contributed by atoms with E-state index in [2.05, 4.69) is 56.5 Å². The maximum atomic E-state index is 12.0. The molecular formula is C16H24N2OS. The summed E-state index contributed by atoms with van der Waals surface area (Å²) in [5.74, 6) is 1.85. The van der Waals surface area contributed by atoms with Crippen LogP contribution in [0.3, 0.4) is 0 Å². The van der Waals surface area contributed by atoms with Gasteiger partial charge in [-0.3, -0.25) is 10.1 Å². The van der Waals surface area contributed by atoms with Gasteiger partial charge in [0.05, 0.1) is 6.04 Å². The van der Waals surface area contributed by atoms with Gasteiger partial charge in [-0.1, -0.05) is 39.0 Å². The Balaban J connectivity index is 2.03. The van der Waals surface area contributed by atoms with Gasteiger partial charge < -0.3 is 5.32 Å². The number of hydrogen-bond acceptors (Lipinski definition) is 3. The molecule has 110 valence electrons. The number of carbonyl (C=O) groups is 1. The molecule has 2 rings (SSSR count). The predicted octanol–water partition coefficient (Wildman–Crippen LogP) is 2.57. The smallest absolute Gasteiger partial charge is 0.238 e. The lowest BCUT2D eigenvalue weighted by Gasteiger charge is -2.21.